The zero-order valence-corrected chi connectivity index (χ0v) is 9.71. The molecule has 6 heteroatoms. The molecular weight excluding hydrogens is 225 g/mol. The summed E-state index contributed by atoms with van der Waals surface area (Å²) in [5, 5.41) is 9.43. The molecular formula is C11H16FN3O2. The zero-order valence-electron chi connectivity index (χ0n) is 9.71. The maximum Gasteiger partial charge on any atom is 0.225 e. The second-order valence-corrected chi connectivity index (χ2v) is 4.21. The van der Waals surface area contributed by atoms with Crippen molar-refractivity contribution in [3.05, 3.63) is 18.2 Å². The van der Waals surface area contributed by atoms with Crippen molar-refractivity contribution in [2.75, 3.05) is 24.7 Å². The second kappa shape index (κ2) is 5.37. The van der Waals surface area contributed by atoms with E-state index in [-0.39, 0.29) is 6.04 Å². The molecule has 0 aliphatic carbocycles. The van der Waals surface area contributed by atoms with Crippen LogP contribution in [0.2, 0.25) is 0 Å². The number of aliphatic hydroxyl groups excluding tert-OH is 1. The van der Waals surface area contributed by atoms with Crippen molar-refractivity contribution in [3.63, 3.8) is 0 Å². The highest BCUT2D eigenvalue weighted by atomic mass is 19.1. The van der Waals surface area contributed by atoms with Gasteiger partial charge in [-0.15, -0.1) is 0 Å². The van der Waals surface area contributed by atoms with Crippen LogP contribution in [-0.2, 0) is 4.74 Å². The Morgan fingerprint density at radius 3 is 2.94 bits per heavy atom. The molecule has 0 spiro atoms. The molecule has 0 amide bonds. The lowest BCUT2D eigenvalue weighted by Gasteiger charge is -2.36. The predicted molar refractivity (Wildman–Crippen MR) is 60.2 cm³/mol. The number of rotatable bonds is 3. The molecule has 1 N–H and O–H groups in total. The molecule has 0 saturated carbocycles. The number of ether oxygens (including phenoxy) is 1. The van der Waals surface area contributed by atoms with E-state index in [4.69, 9.17) is 4.74 Å². The molecule has 1 saturated heterocycles. The zero-order chi connectivity index (χ0) is 12.3. The average molecular weight is 241 g/mol. The average Bonchev–Trinajstić information content (AvgIpc) is 2.30. The highest BCUT2D eigenvalue weighted by molar-refractivity contribution is 5.31. The van der Waals surface area contributed by atoms with Crippen LogP contribution in [-0.4, -0.2) is 47.0 Å². The minimum Gasteiger partial charge on any atom is -0.393 e. The van der Waals surface area contributed by atoms with Crippen molar-refractivity contribution in [2.24, 2.45) is 0 Å². The SMILES string of the molecule is CC(O)CC1COCCN1c1ncc(F)cn1. The summed E-state index contributed by atoms with van der Waals surface area (Å²) < 4.78 is 18.1. The maximum atomic E-state index is 12.8. The third-order valence-corrected chi connectivity index (χ3v) is 2.70. The number of aliphatic hydroxyl groups is 1. The van der Waals surface area contributed by atoms with E-state index in [1.807, 2.05) is 4.90 Å². The van der Waals surface area contributed by atoms with E-state index in [9.17, 15) is 9.50 Å². The first-order valence-corrected chi connectivity index (χ1v) is 5.67. The Bertz CT molecular complexity index is 358. The lowest BCUT2D eigenvalue weighted by Crippen LogP contribution is -2.47. The number of halogens is 1. The molecule has 1 fully saturated rings. The Balaban J connectivity index is 2.12. The molecule has 1 aliphatic rings. The summed E-state index contributed by atoms with van der Waals surface area (Å²) in [6.45, 7) is 3.52. The normalized spacial score (nSPS) is 22.5. The van der Waals surface area contributed by atoms with Crippen LogP contribution < -0.4 is 4.90 Å². The molecule has 1 aliphatic heterocycles. The van der Waals surface area contributed by atoms with Gasteiger partial charge >= 0.3 is 0 Å². The van der Waals surface area contributed by atoms with Crippen molar-refractivity contribution in [1.82, 2.24) is 9.97 Å². The van der Waals surface area contributed by atoms with Crippen molar-refractivity contribution in [3.8, 4) is 0 Å². The molecule has 0 radical (unpaired) electrons. The summed E-state index contributed by atoms with van der Waals surface area (Å²) in [7, 11) is 0. The first-order chi connectivity index (χ1) is 8.16. The van der Waals surface area contributed by atoms with E-state index < -0.39 is 11.9 Å². The van der Waals surface area contributed by atoms with Crippen LogP contribution in [0.4, 0.5) is 10.3 Å². The third-order valence-electron chi connectivity index (χ3n) is 2.70. The summed E-state index contributed by atoms with van der Waals surface area (Å²) in [6.07, 6.45) is 2.47. The number of hydrogen-bond donors (Lipinski definition) is 1. The van der Waals surface area contributed by atoms with Gasteiger partial charge < -0.3 is 14.7 Å². The summed E-state index contributed by atoms with van der Waals surface area (Å²) in [6, 6.07) is 0.0363. The van der Waals surface area contributed by atoms with Gasteiger partial charge in [-0.05, 0) is 13.3 Å². The first kappa shape index (κ1) is 12.2. The summed E-state index contributed by atoms with van der Waals surface area (Å²) >= 11 is 0. The summed E-state index contributed by atoms with van der Waals surface area (Å²) in [5.41, 5.74) is 0. The highest BCUT2D eigenvalue weighted by Gasteiger charge is 2.26. The van der Waals surface area contributed by atoms with Crippen LogP contribution in [0.15, 0.2) is 12.4 Å². The van der Waals surface area contributed by atoms with Gasteiger partial charge in [-0.1, -0.05) is 0 Å². The van der Waals surface area contributed by atoms with E-state index >= 15 is 0 Å². The van der Waals surface area contributed by atoms with Gasteiger partial charge in [-0.25, -0.2) is 14.4 Å². The number of nitrogens with zero attached hydrogens (tertiary/aromatic N) is 3. The van der Waals surface area contributed by atoms with Crippen molar-refractivity contribution < 1.29 is 14.2 Å². The van der Waals surface area contributed by atoms with Gasteiger partial charge in [0.15, 0.2) is 5.82 Å². The minimum atomic E-state index is -0.450. The lowest BCUT2D eigenvalue weighted by atomic mass is 10.1. The van der Waals surface area contributed by atoms with Crippen LogP contribution in [0.1, 0.15) is 13.3 Å². The summed E-state index contributed by atoms with van der Waals surface area (Å²) in [4.78, 5) is 9.88. The van der Waals surface area contributed by atoms with Crippen LogP contribution in [0.5, 0.6) is 0 Å². The van der Waals surface area contributed by atoms with Gasteiger partial charge in [0.1, 0.15) is 0 Å². The predicted octanol–water partition coefficient (Wildman–Crippen LogP) is 0.592. The Morgan fingerprint density at radius 2 is 2.29 bits per heavy atom. The number of anilines is 1. The van der Waals surface area contributed by atoms with E-state index in [0.717, 1.165) is 12.4 Å². The number of aromatic nitrogens is 2. The van der Waals surface area contributed by atoms with E-state index in [1.54, 1.807) is 6.92 Å². The third kappa shape index (κ3) is 3.10. The Hall–Kier alpha value is -1.27. The van der Waals surface area contributed by atoms with Gasteiger partial charge in [0.25, 0.3) is 0 Å². The summed E-state index contributed by atoms with van der Waals surface area (Å²) in [5.74, 6) is 0.0365. The van der Waals surface area contributed by atoms with Gasteiger partial charge in [0.2, 0.25) is 5.95 Å². The first-order valence-electron chi connectivity index (χ1n) is 5.67. The fourth-order valence-corrected chi connectivity index (χ4v) is 1.96. The topological polar surface area (TPSA) is 58.5 Å². The second-order valence-electron chi connectivity index (χ2n) is 4.21. The van der Waals surface area contributed by atoms with Crippen molar-refractivity contribution >= 4 is 5.95 Å². The van der Waals surface area contributed by atoms with Gasteiger partial charge in [-0.3, -0.25) is 0 Å². The van der Waals surface area contributed by atoms with Crippen molar-refractivity contribution in [1.29, 1.82) is 0 Å². The molecule has 0 aromatic carbocycles. The van der Waals surface area contributed by atoms with Crippen LogP contribution in [0, 0.1) is 5.82 Å². The monoisotopic (exact) mass is 241 g/mol. The van der Waals surface area contributed by atoms with Gasteiger partial charge in [-0.2, -0.15) is 0 Å². The lowest BCUT2D eigenvalue weighted by molar-refractivity contribution is 0.0713. The molecule has 17 heavy (non-hydrogen) atoms. The molecule has 5 nitrogen and oxygen atoms in total. The molecule has 2 rings (SSSR count). The molecule has 0 bridgehead atoms. The standard InChI is InChI=1S/C11H16FN3O2/c1-8(16)4-10-7-17-3-2-15(10)11-13-5-9(12)6-14-11/h5-6,8,10,16H,2-4,7H2,1H3. The molecule has 1 aromatic heterocycles. The minimum absolute atomic E-state index is 0.0363. The fraction of sp³-hybridized carbons (Fsp3) is 0.636. The van der Waals surface area contributed by atoms with E-state index in [1.165, 1.54) is 0 Å². The van der Waals surface area contributed by atoms with Gasteiger partial charge in [0, 0.05) is 6.54 Å². The molecule has 94 valence electrons. The quantitative estimate of drug-likeness (QED) is 0.839. The van der Waals surface area contributed by atoms with Crippen LogP contribution in [0.25, 0.3) is 0 Å². The Morgan fingerprint density at radius 1 is 1.59 bits per heavy atom. The van der Waals surface area contributed by atoms with Crippen molar-refractivity contribution in [2.45, 2.75) is 25.5 Å². The highest BCUT2D eigenvalue weighted by Crippen LogP contribution is 2.18. The molecule has 2 unspecified atom stereocenters. The van der Waals surface area contributed by atoms with E-state index in [0.29, 0.717) is 32.1 Å². The number of hydrogen-bond acceptors (Lipinski definition) is 5. The number of morpholine rings is 1. The Kier molecular flexibility index (Phi) is 3.86. The molecule has 2 heterocycles. The van der Waals surface area contributed by atoms with E-state index in [2.05, 4.69) is 9.97 Å². The Labute approximate surface area is 99.3 Å². The molecule has 1 aromatic rings. The van der Waals surface area contributed by atoms with Gasteiger partial charge in [0.05, 0.1) is 37.8 Å². The van der Waals surface area contributed by atoms with Crippen LogP contribution in [0.3, 0.4) is 0 Å². The largest absolute Gasteiger partial charge is 0.393 e. The maximum absolute atomic E-state index is 12.8. The smallest absolute Gasteiger partial charge is 0.225 e. The molecule has 2 atom stereocenters. The fourth-order valence-electron chi connectivity index (χ4n) is 1.96. The van der Waals surface area contributed by atoms with Crippen LogP contribution >= 0.6 is 0 Å².